The number of ether oxygens (including phenoxy) is 2. The molecule has 2 unspecified atom stereocenters. The number of hydrogen-bond acceptors (Lipinski definition) is 7. The molecule has 0 heterocycles. The van der Waals surface area contributed by atoms with Crippen LogP contribution in [0.3, 0.4) is 0 Å². The van der Waals surface area contributed by atoms with E-state index in [9.17, 15) is 14.3 Å². The summed E-state index contributed by atoms with van der Waals surface area (Å²) in [6.07, 6.45) is 45.5. The first-order valence-electron chi connectivity index (χ1n) is 23.5. The van der Waals surface area contributed by atoms with Gasteiger partial charge in [0.1, 0.15) is 6.10 Å². The molecule has 0 aliphatic heterocycles. The summed E-state index contributed by atoms with van der Waals surface area (Å²) in [6, 6.07) is 0. The number of carbonyl (C=O) groups excluding carboxylic acids is 1. The summed E-state index contributed by atoms with van der Waals surface area (Å²) >= 11 is 0. The normalized spacial score (nSPS) is 13.3. The van der Waals surface area contributed by atoms with Gasteiger partial charge in [-0.3, -0.25) is 13.8 Å². The highest BCUT2D eigenvalue weighted by Gasteiger charge is 2.25. The van der Waals surface area contributed by atoms with Crippen LogP contribution in [-0.4, -0.2) is 49.9 Å². The van der Waals surface area contributed by atoms with Gasteiger partial charge in [0.2, 0.25) is 0 Å². The zero-order chi connectivity index (χ0) is 39.5. The average molecular weight is 790 g/mol. The van der Waals surface area contributed by atoms with Crippen LogP contribution in [0.4, 0.5) is 0 Å². The monoisotopic (exact) mass is 790 g/mol. The Morgan fingerprint density at radius 3 is 1.17 bits per heavy atom. The van der Waals surface area contributed by atoms with E-state index in [1.807, 2.05) is 0 Å². The molecular formula is C45H92NO7P. The molecule has 8 nitrogen and oxygen atoms in total. The molecule has 0 spiro atoms. The molecular weight excluding hydrogens is 697 g/mol. The number of esters is 1. The number of unbranched alkanes of at least 4 members (excludes halogenated alkanes) is 33. The molecule has 9 heteroatoms. The fourth-order valence-corrected chi connectivity index (χ4v) is 7.82. The number of phosphoric acid groups is 1. The Balaban J connectivity index is 3.92. The van der Waals surface area contributed by atoms with Crippen molar-refractivity contribution in [1.29, 1.82) is 0 Å². The van der Waals surface area contributed by atoms with E-state index in [0.717, 1.165) is 32.1 Å². The second-order valence-electron chi connectivity index (χ2n) is 16.0. The van der Waals surface area contributed by atoms with Gasteiger partial charge >= 0.3 is 13.8 Å². The Hall–Kier alpha value is -0.500. The molecule has 0 saturated heterocycles. The van der Waals surface area contributed by atoms with Crippen molar-refractivity contribution in [3.05, 3.63) is 0 Å². The van der Waals surface area contributed by atoms with Crippen molar-refractivity contribution in [2.75, 3.05) is 33.0 Å². The third kappa shape index (κ3) is 42.6. The average Bonchev–Trinajstić information content (AvgIpc) is 3.16. The molecule has 0 fully saturated rings. The van der Waals surface area contributed by atoms with E-state index >= 15 is 0 Å². The topological polar surface area (TPSA) is 117 Å². The molecule has 0 aliphatic rings. The maximum absolute atomic E-state index is 12.6. The molecule has 0 aromatic rings. The molecule has 0 amide bonds. The van der Waals surface area contributed by atoms with Crippen LogP contribution in [0, 0.1) is 0 Å². The zero-order valence-corrected chi connectivity index (χ0v) is 36.9. The molecule has 0 saturated carbocycles. The van der Waals surface area contributed by atoms with E-state index in [1.54, 1.807) is 0 Å². The van der Waals surface area contributed by atoms with E-state index in [1.165, 1.54) is 193 Å². The first-order chi connectivity index (χ1) is 26.4. The van der Waals surface area contributed by atoms with E-state index in [-0.39, 0.29) is 32.3 Å². The van der Waals surface area contributed by atoms with E-state index < -0.39 is 13.9 Å². The fourth-order valence-electron chi connectivity index (χ4n) is 7.06. The lowest BCUT2D eigenvalue weighted by atomic mass is 10.0. The summed E-state index contributed by atoms with van der Waals surface area (Å²) < 4.78 is 33.5. The van der Waals surface area contributed by atoms with Crippen molar-refractivity contribution in [3.63, 3.8) is 0 Å². The number of carbonyl (C=O) groups is 1. The van der Waals surface area contributed by atoms with Gasteiger partial charge in [-0.2, -0.15) is 0 Å². The van der Waals surface area contributed by atoms with Crippen LogP contribution in [0.2, 0.25) is 0 Å². The minimum absolute atomic E-state index is 0.0899. The van der Waals surface area contributed by atoms with Gasteiger partial charge in [0.05, 0.1) is 19.8 Å². The maximum atomic E-state index is 12.6. The number of phosphoric ester groups is 1. The van der Waals surface area contributed by atoms with Crippen LogP contribution in [0.1, 0.15) is 245 Å². The van der Waals surface area contributed by atoms with Crippen LogP contribution in [0.25, 0.3) is 0 Å². The van der Waals surface area contributed by atoms with Gasteiger partial charge in [0.25, 0.3) is 0 Å². The lowest BCUT2D eigenvalue weighted by Crippen LogP contribution is -2.28. The largest absolute Gasteiger partial charge is 0.472 e. The fraction of sp³-hybridized carbons (Fsp3) is 0.978. The van der Waals surface area contributed by atoms with Gasteiger partial charge in [0, 0.05) is 19.6 Å². The van der Waals surface area contributed by atoms with Gasteiger partial charge in [-0.25, -0.2) is 4.57 Å². The van der Waals surface area contributed by atoms with Crippen molar-refractivity contribution in [1.82, 2.24) is 0 Å². The number of nitrogens with two attached hydrogens (primary N) is 1. The summed E-state index contributed by atoms with van der Waals surface area (Å²) in [5.41, 5.74) is 5.38. The molecule has 3 N–H and O–H groups in total. The van der Waals surface area contributed by atoms with Crippen molar-refractivity contribution in [3.8, 4) is 0 Å². The first kappa shape index (κ1) is 53.5. The standard InChI is InChI=1S/C45H92NO7P/c1-3-5-7-9-11-13-15-17-19-21-22-23-24-26-28-30-32-34-36-38-45(47)53-44(43-52-54(48,49)51-41-39-46)42-50-40-37-35-33-31-29-27-25-20-18-16-14-12-10-8-6-4-2/h44H,3-43,46H2,1-2H3,(H,48,49). The Morgan fingerprint density at radius 2 is 0.815 bits per heavy atom. The van der Waals surface area contributed by atoms with E-state index in [4.69, 9.17) is 24.3 Å². The van der Waals surface area contributed by atoms with Crippen LogP contribution in [0.15, 0.2) is 0 Å². The van der Waals surface area contributed by atoms with Gasteiger partial charge in [0.15, 0.2) is 0 Å². The van der Waals surface area contributed by atoms with Gasteiger partial charge in [-0.1, -0.05) is 226 Å². The van der Waals surface area contributed by atoms with Crippen LogP contribution < -0.4 is 5.73 Å². The quantitative estimate of drug-likeness (QED) is 0.0356. The maximum Gasteiger partial charge on any atom is 0.472 e. The summed E-state index contributed by atoms with van der Waals surface area (Å²) in [4.78, 5) is 22.5. The Labute approximate surface area is 335 Å². The third-order valence-corrected chi connectivity index (χ3v) is 11.5. The lowest BCUT2D eigenvalue weighted by Gasteiger charge is -2.20. The minimum atomic E-state index is -4.27. The van der Waals surface area contributed by atoms with Gasteiger partial charge < -0.3 is 20.1 Å². The smallest absolute Gasteiger partial charge is 0.457 e. The molecule has 0 bridgehead atoms. The van der Waals surface area contributed by atoms with Crippen molar-refractivity contribution < 1.29 is 32.8 Å². The van der Waals surface area contributed by atoms with Crippen molar-refractivity contribution >= 4 is 13.8 Å². The molecule has 0 aliphatic carbocycles. The van der Waals surface area contributed by atoms with Gasteiger partial charge in [-0.05, 0) is 12.8 Å². The lowest BCUT2D eigenvalue weighted by molar-refractivity contribution is -0.154. The van der Waals surface area contributed by atoms with Crippen LogP contribution in [-0.2, 0) is 27.9 Å². The Bertz CT molecular complexity index is 802. The van der Waals surface area contributed by atoms with Gasteiger partial charge in [-0.15, -0.1) is 0 Å². The Morgan fingerprint density at radius 1 is 0.481 bits per heavy atom. The summed E-state index contributed by atoms with van der Waals surface area (Å²) in [6.45, 7) is 5.00. The SMILES string of the molecule is CCCCCCCCCCCCCCCCCCCCCC(=O)OC(COCCCCCCCCCCCCCCCCCC)COP(=O)(O)OCCN. The molecule has 324 valence electrons. The second kappa shape index (κ2) is 43.6. The third-order valence-electron chi connectivity index (χ3n) is 10.5. The first-order valence-corrected chi connectivity index (χ1v) is 25.0. The molecule has 54 heavy (non-hydrogen) atoms. The minimum Gasteiger partial charge on any atom is -0.457 e. The van der Waals surface area contributed by atoms with E-state index in [0.29, 0.717) is 13.0 Å². The highest BCUT2D eigenvalue weighted by atomic mass is 31.2. The molecule has 0 aromatic heterocycles. The predicted molar refractivity (Wildman–Crippen MR) is 229 cm³/mol. The highest BCUT2D eigenvalue weighted by Crippen LogP contribution is 2.43. The number of hydrogen-bond donors (Lipinski definition) is 2. The van der Waals surface area contributed by atoms with Crippen LogP contribution in [0.5, 0.6) is 0 Å². The van der Waals surface area contributed by atoms with Crippen LogP contribution >= 0.6 is 7.82 Å². The highest BCUT2D eigenvalue weighted by molar-refractivity contribution is 7.47. The zero-order valence-electron chi connectivity index (χ0n) is 36.0. The van der Waals surface area contributed by atoms with Crippen molar-refractivity contribution in [2.24, 2.45) is 5.73 Å². The van der Waals surface area contributed by atoms with Crippen molar-refractivity contribution in [2.45, 2.75) is 251 Å². The predicted octanol–water partition coefficient (Wildman–Crippen LogP) is 14.1. The molecule has 0 aromatic carbocycles. The Kier molecular flexibility index (Phi) is 43.2. The molecule has 2 atom stereocenters. The molecule has 0 rings (SSSR count). The number of rotatable bonds is 46. The summed E-state index contributed by atoms with van der Waals surface area (Å²) in [5, 5.41) is 0. The van der Waals surface area contributed by atoms with E-state index in [2.05, 4.69) is 13.8 Å². The molecule has 0 radical (unpaired) electrons. The second-order valence-corrected chi connectivity index (χ2v) is 17.4. The summed E-state index contributed by atoms with van der Waals surface area (Å²) in [5.74, 6) is -0.322. The summed E-state index contributed by atoms with van der Waals surface area (Å²) in [7, 11) is -4.27.